The van der Waals surface area contributed by atoms with Crippen molar-refractivity contribution in [3.05, 3.63) is 65.2 Å². The van der Waals surface area contributed by atoms with E-state index in [4.69, 9.17) is 0 Å². The number of benzene rings is 2. The van der Waals surface area contributed by atoms with Crippen molar-refractivity contribution in [2.45, 2.75) is 32.4 Å². The number of sulfonamides is 1. The summed E-state index contributed by atoms with van der Waals surface area (Å²) in [5.41, 5.74) is 3.73. The van der Waals surface area contributed by atoms with Crippen LogP contribution in [0.25, 0.3) is 0 Å². The Bertz CT molecular complexity index is 899. The first-order valence-corrected chi connectivity index (χ1v) is 10.9. The van der Waals surface area contributed by atoms with Crippen molar-refractivity contribution in [1.29, 1.82) is 0 Å². The maximum atomic E-state index is 12.7. The molecule has 2 aromatic rings. The molecule has 1 saturated heterocycles. The van der Waals surface area contributed by atoms with Gasteiger partial charge in [-0.25, -0.2) is 12.7 Å². The van der Waals surface area contributed by atoms with E-state index in [9.17, 15) is 13.2 Å². The van der Waals surface area contributed by atoms with Crippen LogP contribution in [0.4, 0.5) is 5.69 Å². The largest absolute Gasteiger partial charge is 0.326 e. The molecule has 27 heavy (non-hydrogen) atoms. The second-order valence-corrected chi connectivity index (χ2v) is 9.18. The molecule has 1 N–H and O–H groups in total. The molecule has 0 spiro atoms. The molecule has 0 aromatic heterocycles. The van der Waals surface area contributed by atoms with Crippen LogP contribution in [-0.2, 0) is 20.6 Å². The fraction of sp³-hybridized carbons (Fsp3) is 0.381. The summed E-state index contributed by atoms with van der Waals surface area (Å²) in [5, 5.41) is 2.93. The lowest BCUT2D eigenvalue weighted by molar-refractivity contribution is -0.120. The SMILES string of the molecule is Cc1ccc(NC(=O)C2CCN(S(=O)(=O)Cc3ccccc3C)CC2)cc1. The van der Waals surface area contributed by atoms with Crippen LogP contribution in [0.2, 0.25) is 0 Å². The lowest BCUT2D eigenvalue weighted by Crippen LogP contribution is -2.41. The molecule has 1 fully saturated rings. The van der Waals surface area contributed by atoms with Crippen molar-refractivity contribution in [1.82, 2.24) is 4.31 Å². The van der Waals surface area contributed by atoms with E-state index >= 15 is 0 Å². The van der Waals surface area contributed by atoms with Crippen LogP contribution in [0.15, 0.2) is 48.5 Å². The summed E-state index contributed by atoms with van der Waals surface area (Å²) in [6.07, 6.45) is 1.09. The van der Waals surface area contributed by atoms with Gasteiger partial charge < -0.3 is 5.32 Å². The van der Waals surface area contributed by atoms with Crippen molar-refractivity contribution in [3.63, 3.8) is 0 Å². The molecule has 0 atom stereocenters. The van der Waals surface area contributed by atoms with E-state index in [0.717, 1.165) is 22.4 Å². The third kappa shape index (κ3) is 4.96. The van der Waals surface area contributed by atoms with Gasteiger partial charge in [-0.1, -0.05) is 42.0 Å². The van der Waals surface area contributed by atoms with Gasteiger partial charge in [-0.05, 0) is 49.9 Å². The summed E-state index contributed by atoms with van der Waals surface area (Å²) >= 11 is 0. The molecule has 1 aliphatic rings. The minimum atomic E-state index is -3.37. The number of anilines is 1. The number of rotatable bonds is 5. The van der Waals surface area contributed by atoms with Gasteiger partial charge in [-0.3, -0.25) is 4.79 Å². The summed E-state index contributed by atoms with van der Waals surface area (Å²) in [4.78, 5) is 12.5. The summed E-state index contributed by atoms with van der Waals surface area (Å²) in [6, 6.07) is 15.2. The van der Waals surface area contributed by atoms with Crippen LogP contribution < -0.4 is 5.32 Å². The van der Waals surface area contributed by atoms with Crippen LogP contribution in [0.5, 0.6) is 0 Å². The highest BCUT2D eigenvalue weighted by molar-refractivity contribution is 7.88. The molecule has 5 nitrogen and oxygen atoms in total. The number of piperidine rings is 1. The van der Waals surface area contributed by atoms with E-state index in [2.05, 4.69) is 5.32 Å². The maximum Gasteiger partial charge on any atom is 0.227 e. The number of nitrogens with one attached hydrogen (secondary N) is 1. The molecule has 0 unspecified atom stereocenters. The van der Waals surface area contributed by atoms with E-state index in [-0.39, 0.29) is 17.6 Å². The number of aryl methyl sites for hydroxylation is 2. The second kappa shape index (κ2) is 8.23. The molecule has 2 aromatic carbocycles. The van der Waals surface area contributed by atoms with Gasteiger partial charge in [0.1, 0.15) is 0 Å². The molecular formula is C21H26N2O3S. The van der Waals surface area contributed by atoms with E-state index in [1.807, 2.05) is 62.4 Å². The molecule has 0 radical (unpaired) electrons. The molecule has 0 aliphatic carbocycles. The predicted molar refractivity (Wildman–Crippen MR) is 108 cm³/mol. The van der Waals surface area contributed by atoms with E-state index in [0.29, 0.717) is 25.9 Å². The van der Waals surface area contributed by atoms with Crippen molar-refractivity contribution < 1.29 is 13.2 Å². The highest BCUT2D eigenvalue weighted by Gasteiger charge is 2.31. The van der Waals surface area contributed by atoms with Gasteiger partial charge in [0.15, 0.2) is 0 Å². The van der Waals surface area contributed by atoms with Crippen molar-refractivity contribution >= 4 is 21.6 Å². The fourth-order valence-corrected chi connectivity index (χ4v) is 5.00. The fourth-order valence-electron chi connectivity index (χ4n) is 3.34. The Balaban J connectivity index is 1.57. The smallest absolute Gasteiger partial charge is 0.227 e. The monoisotopic (exact) mass is 386 g/mol. The van der Waals surface area contributed by atoms with Crippen LogP contribution in [0.1, 0.15) is 29.5 Å². The maximum absolute atomic E-state index is 12.7. The highest BCUT2D eigenvalue weighted by atomic mass is 32.2. The highest BCUT2D eigenvalue weighted by Crippen LogP contribution is 2.24. The Labute approximate surface area is 161 Å². The average Bonchev–Trinajstić information content (AvgIpc) is 2.65. The molecule has 1 heterocycles. The summed E-state index contributed by atoms with van der Waals surface area (Å²) in [6.45, 7) is 4.70. The van der Waals surface area contributed by atoms with Crippen molar-refractivity contribution in [3.8, 4) is 0 Å². The van der Waals surface area contributed by atoms with Gasteiger partial charge >= 0.3 is 0 Å². The average molecular weight is 387 g/mol. The molecule has 0 bridgehead atoms. The van der Waals surface area contributed by atoms with Gasteiger partial charge in [-0.2, -0.15) is 0 Å². The standard InChI is InChI=1S/C21H26N2O3S/c1-16-7-9-20(10-8-16)22-21(24)18-11-13-23(14-12-18)27(25,26)15-19-6-4-3-5-17(19)2/h3-10,18H,11-15H2,1-2H3,(H,22,24). The molecule has 3 rings (SSSR count). The van der Waals surface area contributed by atoms with Gasteiger partial charge in [0.05, 0.1) is 5.75 Å². The zero-order valence-corrected chi connectivity index (χ0v) is 16.6. The van der Waals surface area contributed by atoms with Crippen molar-refractivity contribution in [2.75, 3.05) is 18.4 Å². The van der Waals surface area contributed by atoms with Crippen LogP contribution >= 0.6 is 0 Å². The van der Waals surface area contributed by atoms with E-state index in [1.165, 1.54) is 4.31 Å². The molecule has 1 amide bonds. The first-order valence-electron chi connectivity index (χ1n) is 9.25. The number of nitrogens with zero attached hydrogens (tertiary/aromatic N) is 1. The summed E-state index contributed by atoms with van der Waals surface area (Å²) in [5.74, 6) is -0.175. The van der Waals surface area contributed by atoms with Gasteiger partial charge in [-0.15, -0.1) is 0 Å². The lowest BCUT2D eigenvalue weighted by atomic mass is 9.97. The zero-order valence-electron chi connectivity index (χ0n) is 15.8. The lowest BCUT2D eigenvalue weighted by Gasteiger charge is -2.30. The number of amides is 1. The zero-order chi connectivity index (χ0) is 19.4. The number of carbonyl (C=O) groups is 1. The number of carbonyl (C=O) groups excluding carboxylic acids is 1. The van der Waals surface area contributed by atoms with Crippen molar-refractivity contribution in [2.24, 2.45) is 5.92 Å². The Hall–Kier alpha value is -2.18. The third-order valence-electron chi connectivity index (χ3n) is 5.14. The summed E-state index contributed by atoms with van der Waals surface area (Å²) < 4.78 is 27.0. The number of hydrogen-bond donors (Lipinski definition) is 1. The van der Waals surface area contributed by atoms with Gasteiger partial charge in [0, 0.05) is 24.7 Å². The topological polar surface area (TPSA) is 66.5 Å². The van der Waals surface area contributed by atoms with Gasteiger partial charge in [0.25, 0.3) is 0 Å². The van der Waals surface area contributed by atoms with Crippen LogP contribution in [0, 0.1) is 19.8 Å². The first kappa shape index (κ1) is 19.6. The minimum absolute atomic E-state index is 0.0138. The van der Waals surface area contributed by atoms with Crippen LogP contribution in [0.3, 0.4) is 0 Å². The second-order valence-electron chi connectivity index (χ2n) is 7.21. The normalized spacial score (nSPS) is 16.2. The molecule has 1 aliphatic heterocycles. The summed E-state index contributed by atoms with van der Waals surface area (Å²) in [7, 11) is -3.37. The molecular weight excluding hydrogens is 360 g/mol. The Morgan fingerprint density at radius 1 is 1.04 bits per heavy atom. The number of hydrogen-bond acceptors (Lipinski definition) is 3. The molecule has 6 heteroatoms. The molecule has 144 valence electrons. The Kier molecular flexibility index (Phi) is 5.97. The van der Waals surface area contributed by atoms with Gasteiger partial charge in [0.2, 0.25) is 15.9 Å². The third-order valence-corrected chi connectivity index (χ3v) is 6.96. The first-order chi connectivity index (χ1) is 12.8. The van der Waals surface area contributed by atoms with Crippen LogP contribution in [-0.4, -0.2) is 31.7 Å². The molecule has 0 saturated carbocycles. The van der Waals surface area contributed by atoms with E-state index < -0.39 is 10.0 Å². The minimum Gasteiger partial charge on any atom is -0.326 e. The Morgan fingerprint density at radius 3 is 2.30 bits per heavy atom. The van der Waals surface area contributed by atoms with E-state index in [1.54, 1.807) is 0 Å². The predicted octanol–water partition coefficient (Wildman–Crippen LogP) is 3.48. The quantitative estimate of drug-likeness (QED) is 0.855. The Morgan fingerprint density at radius 2 is 1.67 bits per heavy atom.